The lowest BCUT2D eigenvalue weighted by atomic mass is 10.1. The number of halogens is 1. The van der Waals surface area contributed by atoms with Crippen LogP contribution in [0.5, 0.6) is 5.75 Å². The molecule has 24 heavy (non-hydrogen) atoms. The maximum Gasteiger partial charge on any atom is 0.264 e. The van der Waals surface area contributed by atoms with E-state index in [-0.39, 0.29) is 17.6 Å². The van der Waals surface area contributed by atoms with E-state index < -0.39 is 0 Å². The van der Waals surface area contributed by atoms with Crippen LogP contribution in [0.25, 0.3) is 0 Å². The number of nitrogens with one attached hydrogen (secondary N) is 2. The molecule has 2 rings (SSSR count). The number of pyridine rings is 1. The zero-order chi connectivity index (χ0) is 17.4. The Labute approximate surface area is 151 Å². The van der Waals surface area contributed by atoms with Gasteiger partial charge in [-0.3, -0.25) is 10.1 Å². The molecule has 0 bridgehead atoms. The van der Waals surface area contributed by atoms with Crippen LogP contribution in [0.1, 0.15) is 18.9 Å². The number of thiocarbonyl (C=S) groups is 1. The van der Waals surface area contributed by atoms with E-state index in [1.54, 1.807) is 12.1 Å². The van der Waals surface area contributed by atoms with Crippen molar-refractivity contribution in [1.82, 2.24) is 10.3 Å². The molecule has 0 aliphatic heterocycles. The third kappa shape index (κ3) is 6.14. The number of ether oxygens (including phenoxy) is 1. The molecular weight excluding hydrogens is 346 g/mol. The Morgan fingerprint density at radius 1 is 1.25 bits per heavy atom. The van der Waals surface area contributed by atoms with Crippen molar-refractivity contribution in [2.75, 3.05) is 11.9 Å². The zero-order valence-corrected chi connectivity index (χ0v) is 14.8. The summed E-state index contributed by atoms with van der Waals surface area (Å²) in [5.41, 5.74) is 1.25. The van der Waals surface area contributed by atoms with E-state index in [1.165, 1.54) is 11.8 Å². The molecule has 0 fully saturated rings. The van der Waals surface area contributed by atoms with Crippen molar-refractivity contribution in [2.45, 2.75) is 19.8 Å². The Balaban J connectivity index is 1.76. The molecule has 0 aliphatic rings. The van der Waals surface area contributed by atoms with Gasteiger partial charge in [0.15, 0.2) is 11.7 Å². The van der Waals surface area contributed by atoms with Gasteiger partial charge in [0, 0.05) is 6.20 Å². The van der Waals surface area contributed by atoms with Crippen molar-refractivity contribution in [1.29, 1.82) is 0 Å². The Hall–Kier alpha value is -2.18. The second kappa shape index (κ2) is 9.20. The van der Waals surface area contributed by atoms with Crippen molar-refractivity contribution < 1.29 is 9.53 Å². The van der Waals surface area contributed by atoms with Crippen molar-refractivity contribution >= 4 is 40.7 Å². The van der Waals surface area contributed by atoms with Gasteiger partial charge in [0.05, 0.1) is 5.02 Å². The number of benzene rings is 1. The average molecular weight is 364 g/mol. The minimum atomic E-state index is -0.348. The van der Waals surface area contributed by atoms with Crippen LogP contribution < -0.4 is 15.4 Å². The lowest BCUT2D eigenvalue weighted by molar-refractivity contribution is -0.121. The van der Waals surface area contributed by atoms with Crippen LogP contribution in [-0.2, 0) is 11.2 Å². The van der Waals surface area contributed by atoms with Gasteiger partial charge in [-0.15, -0.1) is 0 Å². The average Bonchev–Trinajstić information content (AvgIpc) is 2.56. The molecule has 126 valence electrons. The Morgan fingerprint density at radius 3 is 2.62 bits per heavy atom. The van der Waals surface area contributed by atoms with Crippen LogP contribution >= 0.6 is 23.8 Å². The quantitative estimate of drug-likeness (QED) is 0.768. The number of carbonyl (C=O) groups excluding carboxylic acids is 1. The van der Waals surface area contributed by atoms with Crippen LogP contribution in [0.15, 0.2) is 42.6 Å². The fourth-order valence-corrected chi connectivity index (χ4v) is 2.28. The number of hydrogen-bond donors (Lipinski definition) is 2. The SMILES string of the molecule is CCCc1ccc(OCC(=O)NC(=S)Nc2ccc(Cl)cn2)cc1. The molecule has 1 aromatic heterocycles. The van der Waals surface area contributed by atoms with E-state index in [0.717, 1.165) is 12.8 Å². The predicted octanol–water partition coefficient (Wildman–Crippen LogP) is 3.58. The minimum absolute atomic E-state index is 0.122. The van der Waals surface area contributed by atoms with Gasteiger partial charge < -0.3 is 10.1 Å². The number of carbonyl (C=O) groups is 1. The monoisotopic (exact) mass is 363 g/mol. The molecule has 0 spiro atoms. The molecule has 0 unspecified atom stereocenters. The second-order valence-electron chi connectivity index (χ2n) is 5.05. The Morgan fingerprint density at radius 2 is 2.00 bits per heavy atom. The van der Waals surface area contributed by atoms with Crippen molar-refractivity contribution in [3.63, 3.8) is 0 Å². The molecule has 2 aromatic rings. The molecule has 0 saturated heterocycles. The van der Waals surface area contributed by atoms with E-state index in [2.05, 4.69) is 22.5 Å². The number of amides is 1. The maximum absolute atomic E-state index is 11.8. The predicted molar refractivity (Wildman–Crippen MR) is 99.5 cm³/mol. The van der Waals surface area contributed by atoms with Gasteiger partial charge >= 0.3 is 0 Å². The lowest BCUT2D eigenvalue weighted by Gasteiger charge is -2.10. The van der Waals surface area contributed by atoms with Crippen molar-refractivity contribution in [3.05, 3.63) is 53.2 Å². The second-order valence-corrected chi connectivity index (χ2v) is 5.89. The number of rotatable bonds is 6. The molecular formula is C17H18ClN3O2S. The topological polar surface area (TPSA) is 63.2 Å². The first-order valence-electron chi connectivity index (χ1n) is 7.51. The highest BCUT2D eigenvalue weighted by Crippen LogP contribution is 2.13. The number of anilines is 1. The van der Waals surface area contributed by atoms with Crippen LogP contribution in [0.2, 0.25) is 5.02 Å². The highest BCUT2D eigenvalue weighted by Gasteiger charge is 2.06. The van der Waals surface area contributed by atoms with E-state index in [0.29, 0.717) is 16.6 Å². The smallest absolute Gasteiger partial charge is 0.264 e. The summed E-state index contributed by atoms with van der Waals surface area (Å²) >= 11 is 10.8. The van der Waals surface area contributed by atoms with Gasteiger partial charge in [0.25, 0.3) is 5.91 Å². The molecule has 0 radical (unpaired) electrons. The zero-order valence-electron chi connectivity index (χ0n) is 13.2. The molecule has 7 heteroatoms. The highest BCUT2D eigenvalue weighted by atomic mass is 35.5. The molecule has 0 saturated carbocycles. The summed E-state index contributed by atoms with van der Waals surface area (Å²) in [4.78, 5) is 15.9. The fraction of sp³-hybridized carbons (Fsp3) is 0.235. The van der Waals surface area contributed by atoms with Crippen molar-refractivity contribution in [3.8, 4) is 5.75 Å². The molecule has 2 N–H and O–H groups in total. The first-order chi connectivity index (χ1) is 11.6. The third-order valence-electron chi connectivity index (χ3n) is 3.05. The van der Waals surface area contributed by atoms with Crippen molar-refractivity contribution in [2.24, 2.45) is 0 Å². The van der Waals surface area contributed by atoms with Gasteiger partial charge in [-0.25, -0.2) is 4.98 Å². The summed E-state index contributed by atoms with van der Waals surface area (Å²) < 4.78 is 5.44. The van der Waals surface area contributed by atoms with Gasteiger partial charge in [0.2, 0.25) is 0 Å². The van der Waals surface area contributed by atoms with Gasteiger partial charge in [-0.05, 0) is 48.5 Å². The first kappa shape index (κ1) is 18.2. The van der Waals surface area contributed by atoms with Gasteiger partial charge in [0.1, 0.15) is 11.6 Å². The van der Waals surface area contributed by atoms with Crippen LogP contribution in [-0.4, -0.2) is 22.6 Å². The highest BCUT2D eigenvalue weighted by molar-refractivity contribution is 7.80. The maximum atomic E-state index is 11.8. The lowest BCUT2D eigenvalue weighted by Crippen LogP contribution is -2.37. The van der Waals surface area contributed by atoms with E-state index in [1.807, 2.05) is 24.3 Å². The first-order valence-corrected chi connectivity index (χ1v) is 8.29. The van der Waals surface area contributed by atoms with E-state index in [4.69, 9.17) is 28.6 Å². The normalized spacial score (nSPS) is 10.1. The summed E-state index contributed by atoms with van der Waals surface area (Å²) in [5.74, 6) is 0.791. The molecule has 5 nitrogen and oxygen atoms in total. The number of aryl methyl sites for hydroxylation is 1. The largest absolute Gasteiger partial charge is 0.484 e. The molecule has 1 aromatic carbocycles. The summed E-state index contributed by atoms with van der Waals surface area (Å²) in [6, 6.07) is 11.0. The number of aromatic nitrogens is 1. The molecule has 0 atom stereocenters. The summed E-state index contributed by atoms with van der Waals surface area (Å²) in [6.45, 7) is 2.01. The van der Waals surface area contributed by atoms with Gasteiger partial charge in [-0.2, -0.15) is 0 Å². The minimum Gasteiger partial charge on any atom is -0.484 e. The molecule has 0 aliphatic carbocycles. The number of hydrogen-bond acceptors (Lipinski definition) is 4. The van der Waals surface area contributed by atoms with Crippen LogP contribution in [0.4, 0.5) is 5.82 Å². The van der Waals surface area contributed by atoms with Gasteiger partial charge in [-0.1, -0.05) is 37.1 Å². The summed E-state index contributed by atoms with van der Waals surface area (Å²) in [5, 5.41) is 5.99. The summed E-state index contributed by atoms with van der Waals surface area (Å²) in [7, 11) is 0. The van der Waals surface area contributed by atoms with Crippen LogP contribution in [0, 0.1) is 0 Å². The van der Waals surface area contributed by atoms with E-state index in [9.17, 15) is 4.79 Å². The fourth-order valence-electron chi connectivity index (χ4n) is 1.95. The standard InChI is InChI=1S/C17H18ClN3O2S/c1-2-3-12-4-7-14(8-5-12)23-11-16(22)21-17(24)20-15-9-6-13(18)10-19-15/h4-10H,2-3,11H2,1H3,(H2,19,20,21,22,24). The Bertz CT molecular complexity index is 690. The Kier molecular flexibility index (Phi) is 6.96. The van der Waals surface area contributed by atoms with Crippen LogP contribution in [0.3, 0.4) is 0 Å². The van der Waals surface area contributed by atoms with E-state index >= 15 is 0 Å². The molecule has 1 amide bonds. The third-order valence-corrected chi connectivity index (χ3v) is 3.48. The molecule has 1 heterocycles. The number of nitrogens with zero attached hydrogens (tertiary/aromatic N) is 1. The summed E-state index contributed by atoms with van der Waals surface area (Å²) in [6.07, 6.45) is 3.61.